The number of aromatic carboxylic acids is 1. The number of ketones is 1. The fourth-order valence-corrected chi connectivity index (χ4v) is 14.2. The Hall–Kier alpha value is -10.5. The van der Waals surface area contributed by atoms with Crippen LogP contribution in [0.5, 0.6) is 5.75 Å². The minimum atomic E-state index is -2.63. The Kier molecular flexibility index (Phi) is 17.9. The van der Waals surface area contributed by atoms with Crippen LogP contribution in [0.25, 0.3) is 33.4 Å². The van der Waals surface area contributed by atoms with E-state index in [-0.39, 0.29) is 66.8 Å². The van der Waals surface area contributed by atoms with Gasteiger partial charge in [-0.25, -0.2) is 23.2 Å². The molecular weight excluding hydrogens is 1250 g/mol. The van der Waals surface area contributed by atoms with E-state index in [9.17, 15) is 72.4 Å². The molecule has 2 bridgehead atoms. The number of amides is 2. The van der Waals surface area contributed by atoms with E-state index >= 15 is 4.79 Å². The van der Waals surface area contributed by atoms with Crippen molar-refractivity contribution < 1.29 is 105 Å². The van der Waals surface area contributed by atoms with Crippen LogP contribution in [0.3, 0.4) is 0 Å². The molecule has 25 heteroatoms. The highest BCUT2D eigenvalue weighted by molar-refractivity contribution is 6.09. The summed E-state index contributed by atoms with van der Waals surface area (Å²) < 4.78 is 73.0. The molecule has 0 spiro atoms. The number of halogens is 2. The van der Waals surface area contributed by atoms with Gasteiger partial charge in [0.05, 0.1) is 41.5 Å². The lowest BCUT2D eigenvalue weighted by atomic mass is 9.44. The first-order chi connectivity index (χ1) is 45.5. The molecule has 2 aliphatic heterocycles. The van der Waals surface area contributed by atoms with Gasteiger partial charge in [0.15, 0.2) is 41.0 Å². The summed E-state index contributed by atoms with van der Waals surface area (Å²) >= 11 is 0. The molecule has 2 heterocycles. The number of phenolic OH excluding ortho intramolecular Hbond substituents is 1. The van der Waals surface area contributed by atoms with Crippen LogP contribution < -0.4 is 16.1 Å². The second kappa shape index (κ2) is 25.7. The molecule has 11 atom stereocenters. The number of phenols is 1. The van der Waals surface area contributed by atoms with Crippen LogP contribution in [-0.4, -0.2) is 135 Å². The average Bonchev–Trinajstić information content (AvgIpc) is 0.668. The highest BCUT2D eigenvalue weighted by Crippen LogP contribution is 2.65. The number of carbonyl (C=O) groups is 9. The molecule has 4 aliphatic carbocycles. The molecule has 5 aromatic carbocycles. The summed E-state index contributed by atoms with van der Waals surface area (Å²) in [5.74, 6) is -15.1. The molecule has 1 saturated heterocycles. The van der Waals surface area contributed by atoms with Crippen molar-refractivity contribution >= 4 is 64.4 Å². The van der Waals surface area contributed by atoms with Crippen LogP contribution in [-0.2, 0) is 52.4 Å². The number of Topliss-reactive ketones (excluding diaryl/α,β-unsaturated/α-hetero) is 1. The van der Waals surface area contributed by atoms with E-state index in [0.717, 1.165) is 44.2 Å². The summed E-state index contributed by atoms with van der Waals surface area (Å²) in [5, 5.41) is 52.1. The molecule has 23 nitrogen and oxygen atoms in total. The lowest BCUT2D eigenvalue weighted by Gasteiger charge is -2.67. The summed E-state index contributed by atoms with van der Waals surface area (Å²) in [7, 11) is 0. The Bertz CT molecular complexity index is 4400. The van der Waals surface area contributed by atoms with Gasteiger partial charge in [0.1, 0.15) is 41.4 Å². The van der Waals surface area contributed by atoms with Gasteiger partial charge >= 0.3 is 35.8 Å². The number of esters is 5. The number of carboxylic acid groups (broad SMARTS) is 1. The number of rotatable bonds is 17. The van der Waals surface area contributed by atoms with Gasteiger partial charge in [0.2, 0.25) is 5.43 Å². The molecule has 96 heavy (non-hydrogen) atoms. The highest BCUT2D eigenvalue weighted by Gasteiger charge is 2.79. The van der Waals surface area contributed by atoms with Crippen LogP contribution in [0.4, 0.5) is 8.78 Å². The molecule has 2 amide bonds. The molecule has 6 aliphatic rings. The fourth-order valence-electron chi connectivity index (χ4n) is 14.2. The van der Waals surface area contributed by atoms with Crippen molar-refractivity contribution in [3.8, 4) is 28.2 Å². The standard InChI is InChI=1S/C71H64F2N2O21/c1-34-51(93-67(88)58(81)57(37-16-10-7-11-17-37)75-64(84)38-18-12-8-13-19-38)32-71(89)62(95-66(87)39-20-14-9-15-21-39)60-69(6,61(82)59(91-35(2)76)56(34)68(71,4)5)52(31-53-70(60,33-90-53)96-36(3)77)94-54(80)24-25-74-63(83)40-22-23-41(42(26-40)65(85)86)55-43-27-45(72)47(78)29-49(43)92-50-30-48(79)46(73)28-44(50)55/h7-23,26-30,51-53,57-60,62,78,81,89H,24-25,31-33H2,1-6H3,(H,74,83)(H,75,84)(H,85,86)/t51?,52-,53?,57-,58+,59+,60?,62?,69+,70-,71+/m0/s1. The number of ether oxygens (including phenoxy) is 6. The molecule has 3 fully saturated rings. The summed E-state index contributed by atoms with van der Waals surface area (Å²) in [4.78, 5) is 141. The third-order valence-electron chi connectivity index (χ3n) is 19.0. The van der Waals surface area contributed by atoms with Crippen molar-refractivity contribution in [2.45, 2.75) is 115 Å². The van der Waals surface area contributed by atoms with Crippen LogP contribution in [0.2, 0.25) is 0 Å². The van der Waals surface area contributed by atoms with Gasteiger partial charge in [0, 0.05) is 78.4 Å². The summed E-state index contributed by atoms with van der Waals surface area (Å²) in [6.07, 6.45) is -12.8. The number of hydrogen-bond donors (Lipinski definition) is 6. The van der Waals surface area contributed by atoms with E-state index in [4.69, 9.17) is 32.8 Å². The molecule has 11 rings (SSSR count). The van der Waals surface area contributed by atoms with Crippen molar-refractivity contribution in [3.63, 3.8) is 0 Å². The Morgan fingerprint density at radius 2 is 1.40 bits per heavy atom. The number of hydrogen-bond acceptors (Lipinski definition) is 20. The van der Waals surface area contributed by atoms with Crippen molar-refractivity contribution in [1.82, 2.24) is 10.6 Å². The number of benzene rings is 6. The normalized spacial score (nSPS) is 24.6. The number of aliphatic hydroxyl groups excluding tert-OH is 1. The summed E-state index contributed by atoms with van der Waals surface area (Å²) in [5.41, 5.74) is -11.3. The molecule has 5 aromatic rings. The Morgan fingerprint density at radius 3 is 2.02 bits per heavy atom. The molecule has 2 saturated carbocycles. The smallest absolute Gasteiger partial charge is 0.338 e. The number of carbonyl (C=O) groups excluding carboxylic acids is 8. The van der Waals surface area contributed by atoms with Crippen molar-refractivity contribution in [2.75, 3.05) is 13.2 Å². The molecule has 6 N–H and O–H groups in total. The predicted molar refractivity (Wildman–Crippen MR) is 332 cm³/mol. The SMILES string of the molecule is CC(=O)O[C@H]1C(=O)[C@@]2(C)C(C(OC(=O)c3ccccc3)[C@]3(O)CC(OC(=O)[C@H](O)[C@@H](NC(=O)c4ccccc4)c4ccccc4)C(C)=C1C3(C)C)[C@]1(OC(C)=O)COC1C[C@@H]2OC(=O)CCNC(=O)c1ccc(-c2c3cc(F)c(=O)cc-3oc3cc(O)c(F)cc23)c(C(=O)O)c1. The number of nitrogens with one attached hydrogen (secondary N) is 2. The van der Waals surface area contributed by atoms with Crippen molar-refractivity contribution in [2.24, 2.45) is 16.7 Å². The maximum absolute atomic E-state index is 16.5. The third kappa shape index (κ3) is 11.8. The monoisotopic (exact) mass is 1320 g/mol. The minimum absolute atomic E-state index is 0.0261. The Labute approximate surface area is 545 Å². The topological polar surface area (TPSA) is 344 Å². The van der Waals surface area contributed by atoms with E-state index < -0.39 is 185 Å². The molecule has 0 aromatic heterocycles. The average molecular weight is 1320 g/mol. The molecule has 4 unspecified atom stereocenters. The van der Waals surface area contributed by atoms with Gasteiger partial charge in [-0.05, 0) is 84.7 Å². The summed E-state index contributed by atoms with van der Waals surface area (Å²) in [6.45, 7) is 6.74. The minimum Gasteiger partial charge on any atom is -0.505 e. The quantitative estimate of drug-likeness (QED) is 0.0220. The van der Waals surface area contributed by atoms with Gasteiger partial charge in [0.25, 0.3) is 11.8 Å². The van der Waals surface area contributed by atoms with Crippen LogP contribution in [0.1, 0.15) is 114 Å². The molecular formula is C71H64F2N2O21. The Morgan fingerprint density at radius 1 is 0.740 bits per heavy atom. The highest BCUT2D eigenvalue weighted by atomic mass is 19.1. The lowest BCUT2D eigenvalue weighted by Crippen LogP contribution is -2.82. The maximum atomic E-state index is 16.5. The first kappa shape index (κ1) is 66.9. The first-order valence-electron chi connectivity index (χ1n) is 30.5. The number of aliphatic hydroxyl groups is 2. The van der Waals surface area contributed by atoms with Gasteiger partial charge in [-0.15, -0.1) is 0 Å². The Balaban J connectivity index is 0.948. The van der Waals surface area contributed by atoms with Crippen LogP contribution in [0.15, 0.2) is 154 Å². The van der Waals surface area contributed by atoms with E-state index in [1.54, 1.807) is 54.6 Å². The molecule has 0 radical (unpaired) electrons. The lowest BCUT2D eigenvalue weighted by molar-refractivity contribution is -0.346. The third-order valence-corrected chi connectivity index (χ3v) is 19.0. The second-order valence-electron chi connectivity index (χ2n) is 24.9. The maximum Gasteiger partial charge on any atom is 0.338 e. The zero-order chi connectivity index (χ0) is 69.1. The van der Waals surface area contributed by atoms with Crippen molar-refractivity contribution in [3.05, 3.63) is 194 Å². The number of aromatic hydroxyl groups is 1. The molecule has 498 valence electrons. The van der Waals surface area contributed by atoms with Gasteiger partial charge in [-0.1, -0.05) is 86.6 Å². The number of carboxylic acids is 1. The zero-order valence-corrected chi connectivity index (χ0v) is 52.3. The summed E-state index contributed by atoms with van der Waals surface area (Å²) in [6, 6.07) is 28.6. The number of fused-ring (bicyclic) bond motifs is 7. The van der Waals surface area contributed by atoms with Crippen LogP contribution >= 0.6 is 0 Å². The van der Waals surface area contributed by atoms with E-state index in [1.165, 1.54) is 76.2 Å². The van der Waals surface area contributed by atoms with Gasteiger partial charge in [-0.3, -0.25) is 33.6 Å². The first-order valence-corrected chi connectivity index (χ1v) is 30.5. The largest absolute Gasteiger partial charge is 0.505 e. The van der Waals surface area contributed by atoms with Crippen molar-refractivity contribution in [1.29, 1.82) is 0 Å². The second-order valence-corrected chi connectivity index (χ2v) is 24.9. The predicted octanol–water partition coefficient (Wildman–Crippen LogP) is 7.67. The van der Waals surface area contributed by atoms with E-state index in [0.29, 0.717) is 0 Å². The van der Waals surface area contributed by atoms with Gasteiger partial charge in [-0.2, -0.15) is 0 Å². The van der Waals surface area contributed by atoms with Gasteiger partial charge < -0.3 is 63.9 Å². The zero-order valence-electron chi connectivity index (χ0n) is 52.3. The van der Waals surface area contributed by atoms with Crippen LogP contribution in [0, 0.1) is 28.4 Å². The fraction of sp³-hybridized carbons (Fsp3) is 0.324. The van der Waals surface area contributed by atoms with E-state index in [1.807, 2.05) is 0 Å². The van der Waals surface area contributed by atoms with E-state index in [2.05, 4.69) is 10.6 Å².